The molecule has 7 heteroatoms. The third-order valence-electron chi connectivity index (χ3n) is 2.45. The minimum Gasteiger partial charge on any atom is -0.355 e. The minimum absolute atomic E-state index is 0.190. The van der Waals surface area contributed by atoms with Gasteiger partial charge in [0.05, 0.1) is 11.6 Å². The van der Waals surface area contributed by atoms with Gasteiger partial charge in [-0.25, -0.2) is 0 Å². The second-order valence-electron chi connectivity index (χ2n) is 3.78. The fourth-order valence-electron chi connectivity index (χ4n) is 1.39. The second-order valence-corrected chi connectivity index (χ2v) is 4.14. The van der Waals surface area contributed by atoms with Crippen molar-refractivity contribution >= 4 is 36.4 Å². The summed E-state index contributed by atoms with van der Waals surface area (Å²) in [6.45, 7) is 0. The summed E-state index contributed by atoms with van der Waals surface area (Å²) in [7, 11) is 1.46. The van der Waals surface area contributed by atoms with Crippen LogP contribution in [0.25, 0.3) is 0 Å². The standard InChI is InChI=1S/C12H15N3O3S/c1-14-11(17)9-4-8(3-2-7(9)5-16)15-12(18)10(13)6-19/h2-5,10,19H,6,13H2,1H3,(H,14,17)(H,15,18). The summed E-state index contributed by atoms with van der Waals surface area (Å²) in [5.74, 6) is -0.603. The number of carbonyl (C=O) groups excluding carboxylic acids is 3. The molecule has 1 unspecified atom stereocenters. The van der Waals surface area contributed by atoms with Crippen molar-refractivity contribution in [3.05, 3.63) is 29.3 Å². The van der Waals surface area contributed by atoms with E-state index in [9.17, 15) is 14.4 Å². The van der Waals surface area contributed by atoms with Gasteiger partial charge >= 0.3 is 0 Å². The maximum Gasteiger partial charge on any atom is 0.251 e. The SMILES string of the molecule is CNC(=O)c1cc(NC(=O)C(N)CS)ccc1C=O. The number of hydrogen-bond donors (Lipinski definition) is 4. The molecule has 0 aromatic heterocycles. The topological polar surface area (TPSA) is 101 Å². The molecule has 1 aromatic carbocycles. The zero-order chi connectivity index (χ0) is 14.4. The van der Waals surface area contributed by atoms with Gasteiger partial charge in [0.2, 0.25) is 5.91 Å². The molecule has 6 nitrogen and oxygen atoms in total. The molecule has 2 amide bonds. The zero-order valence-corrected chi connectivity index (χ0v) is 11.2. The van der Waals surface area contributed by atoms with E-state index in [0.29, 0.717) is 12.0 Å². The van der Waals surface area contributed by atoms with Crippen molar-refractivity contribution in [2.24, 2.45) is 5.73 Å². The lowest BCUT2D eigenvalue weighted by Gasteiger charge is -2.11. The third kappa shape index (κ3) is 3.80. The first-order chi connectivity index (χ1) is 9.03. The van der Waals surface area contributed by atoms with Crippen LogP contribution in [0.4, 0.5) is 5.69 Å². The van der Waals surface area contributed by atoms with Crippen molar-refractivity contribution < 1.29 is 14.4 Å². The van der Waals surface area contributed by atoms with Gasteiger partial charge in [-0.1, -0.05) is 0 Å². The summed E-state index contributed by atoms with van der Waals surface area (Å²) >= 11 is 3.92. The number of thiol groups is 1. The lowest BCUT2D eigenvalue weighted by atomic mass is 10.1. The Morgan fingerprint density at radius 3 is 2.68 bits per heavy atom. The molecule has 0 saturated carbocycles. The molecule has 0 heterocycles. The highest BCUT2D eigenvalue weighted by Gasteiger charge is 2.14. The molecule has 1 rings (SSSR count). The molecule has 0 saturated heterocycles. The number of benzene rings is 1. The highest BCUT2D eigenvalue weighted by Crippen LogP contribution is 2.15. The van der Waals surface area contributed by atoms with Crippen molar-refractivity contribution in [1.82, 2.24) is 5.32 Å². The molecule has 0 aliphatic rings. The van der Waals surface area contributed by atoms with E-state index < -0.39 is 17.9 Å². The van der Waals surface area contributed by atoms with E-state index >= 15 is 0 Å². The molecule has 102 valence electrons. The number of nitrogens with two attached hydrogens (primary N) is 1. The molecule has 0 aliphatic carbocycles. The van der Waals surface area contributed by atoms with Crippen LogP contribution in [0.15, 0.2) is 18.2 Å². The van der Waals surface area contributed by atoms with Gasteiger partial charge in [-0.3, -0.25) is 14.4 Å². The third-order valence-corrected chi connectivity index (χ3v) is 2.85. The van der Waals surface area contributed by atoms with Gasteiger partial charge in [0.1, 0.15) is 0 Å². The molecule has 0 aliphatic heterocycles. The number of anilines is 1. The highest BCUT2D eigenvalue weighted by atomic mass is 32.1. The summed E-state index contributed by atoms with van der Waals surface area (Å²) < 4.78 is 0. The van der Waals surface area contributed by atoms with Crippen molar-refractivity contribution in [2.75, 3.05) is 18.1 Å². The van der Waals surface area contributed by atoms with Gasteiger partial charge in [-0.05, 0) is 18.2 Å². The molecule has 0 bridgehead atoms. The first-order valence-corrected chi connectivity index (χ1v) is 6.15. The van der Waals surface area contributed by atoms with Crippen LogP contribution in [0.3, 0.4) is 0 Å². The maximum absolute atomic E-state index is 11.6. The molecule has 0 radical (unpaired) electrons. The smallest absolute Gasteiger partial charge is 0.251 e. The zero-order valence-electron chi connectivity index (χ0n) is 10.3. The van der Waals surface area contributed by atoms with E-state index in [2.05, 4.69) is 23.3 Å². The van der Waals surface area contributed by atoms with Crippen LogP contribution in [0, 0.1) is 0 Å². The van der Waals surface area contributed by atoms with Crippen LogP contribution in [0.2, 0.25) is 0 Å². The van der Waals surface area contributed by atoms with Gasteiger partial charge in [-0.15, -0.1) is 0 Å². The monoisotopic (exact) mass is 281 g/mol. The van der Waals surface area contributed by atoms with E-state index in [-0.39, 0.29) is 16.9 Å². The molecular formula is C12H15N3O3S. The second kappa shape index (κ2) is 6.91. The number of rotatable bonds is 5. The molecule has 19 heavy (non-hydrogen) atoms. The lowest BCUT2D eigenvalue weighted by molar-refractivity contribution is -0.116. The largest absolute Gasteiger partial charge is 0.355 e. The number of aldehydes is 1. The minimum atomic E-state index is -0.738. The molecule has 4 N–H and O–H groups in total. The van der Waals surface area contributed by atoms with Crippen molar-refractivity contribution in [2.45, 2.75) is 6.04 Å². The van der Waals surface area contributed by atoms with E-state index in [1.807, 2.05) is 0 Å². The van der Waals surface area contributed by atoms with Crippen molar-refractivity contribution in [1.29, 1.82) is 0 Å². The summed E-state index contributed by atoms with van der Waals surface area (Å²) in [6, 6.07) is 3.67. The Hall–Kier alpha value is -1.86. The first-order valence-electron chi connectivity index (χ1n) is 5.52. The van der Waals surface area contributed by atoms with E-state index in [1.165, 1.54) is 25.2 Å². The van der Waals surface area contributed by atoms with E-state index in [4.69, 9.17) is 5.73 Å². The van der Waals surface area contributed by atoms with Crippen LogP contribution in [0.1, 0.15) is 20.7 Å². The fraction of sp³-hybridized carbons (Fsp3) is 0.250. The number of nitrogens with one attached hydrogen (secondary N) is 2. The highest BCUT2D eigenvalue weighted by molar-refractivity contribution is 7.80. The normalized spacial score (nSPS) is 11.5. The summed E-state index contributed by atoms with van der Waals surface area (Å²) in [5, 5.41) is 4.98. The molecule has 0 fully saturated rings. The van der Waals surface area contributed by atoms with Gasteiger partial charge in [-0.2, -0.15) is 12.6 Å². The van der Waals surface area contributed by atoms with Gasteiger partial charge < -0.3 is 16.4 Å². The predicted octanol–water partition coefficient (Wildman–Crippen LogP) is 0.0543. The number of carbonyl (C=O) groups is 3. The number of hydrogen-bond acceptors (Lipinski definition) is 5. The summed E-state index contributed by atoms with van der Waals surface area (Å²) in [5.41, 5.74) is 6.35. The average Bonchev–Trinajstić information content (AvgIpc) is 2.45. The molecular weight excluding hydrogens is 266 g/mol. The maximum atomic E-state index is 11.6. The number of amides is 2. The molecule has 1 atom stereocenters. The summed E-state index contributed by atoms with van der Waals surface area (Å²) in [4.78, 5) is 34.0. The quantitative estimate of drug-likeness (QED) is 0.452. The molecule has 0 spiro atoms. The Labute approximate surface area is 116 Å². The van der Waals surface area contributed by atoms with Crippen LogP contribution < -0.4 is 16.4 Å². The lowest BCUT2D eigenvalue weighted by Crippen LogP contribution is -2.37. The Morgan fingerprint density at radius 1 is 1.47 bits per heavy atom. The summed E-state index contributed by atoms with van der Waals surface area (Å²) in [6.07, 6.45) is 0.579. The van der Waals surface area contributed by atoms with Gasteiger partial charge in [0, 0.05) is 24.1 Å². The van der Waals surface area contributed by atoms with Crippen LogP contribution in [-0.4, -0.2) is 36.9 Å². The average molecular weight is 281 g/mol. The van der Waals surface area contributed by atoms with Crippen molar-refractivity contribution in [3.63, 3.8) is 0 Å². The van der Waals surface area contributed by atoms with Gasteiger partial charge in [0.25, 0.3) is 5.91 Å². The van der Waals surface area contributed by atoms with Crippen LogP contribution in [-0.2, 0) is 4.79 Å². The van der Waals surface area contributed by atoms with E-state index in [1.54, 1.807) is 0 Å². The Balaban J connectivity index is 3.02. The fourth-order valence-corrected chi connectivity index (χ4v) is 1.55. The molecule has 1 aromatic rings. The Bertz CT molecular complexity index is 505. The Morgan fingerprint density at radius 2 is 2.16 bits per heavy atom. The van der Waals surface area contributed by atoms with E-state index in [0.717, 1.165) is 0 Å². The predicted molar refractivity (Wildman–Crippen MR) is 75.7 cm³/mol. The van der Waals surface area contributed by atoms with Crippen LogP contribution in [0.5, 0.6) is 0 Å². The Kier molecular flexibility index (Phi) is 5.53. The first kappa shape index (κ1) is 15.2. The van der Waals surface area contributed by atoms with Gasteiger partial charge in [0.15, 0.2) is 6.29 Å². The van der Waals surface area contributed by atoms with Crippen LogP contribution >= 0.6 is 12.6 Å². The van der Waals surface area contributed by atoms with Crippen molar-refractivity contribution in [3.8, 4) is 0 Å².